The number of pyridine rings is 1. The molecule has 1 heterocycles. The lowest BCUT2D eigenvalue weighted by Gasteiger charge is -2.21. The van der Waals surface area contributed by atoms with Crippen LogP contribution in [0.1, 0.15) is 29.7 Å². The second-order valence-corrected chi connectivity index (χ2v) is 4.53. The monoisotopic (exact) mass is 256 g/mol. The molecule has 2 rings (SSSR count). The molecule has 0 aliphatic carbocycles. The third-order valence-corrected chi connectivity index (χ3v) is 3.09. The molecule has 0 aliphatic heterocycles. The number of hydrogen-bond acceptors (Lipinski definition) is 3. The van der Waals surface area contributed by atoms with Crippen LogP contribution in [-0.2, 0) is 0 Å². The van der Waals surface area contributed by atoms with Crippen LogP contribution >= 0.6 is 0 Å². The summed E-state index contributed by atoms with van der Waals surface area (Å²) in [5.74, 6) is 0.898. The van der Waals surface area contributed by atoms with Crippen molar-refractivity contribution in [2.45, 2.75) is 19.9 Å². The lowest BCUT2D eigenvalue weighted by molar-refractivity contribution is 0.404. The summed E-state index contributed by atoms with van der Waals surface area (Å²) >= 11 is 0. The first-order valence-electron chi connectivity index (χ1n) is 6.54. The normalized spacial score (nSPS) is 12.2. The molecule has 1 unspecified atom stereocenters. The highest BCUT2D eigenvalue weighted by Gasteiger charge is 2.17. The highest BCUT2D eigenvalue weighted by atomic mass is 16.5. The predicted octanol–water partition coefficient (Wildman–Crippen LogP) is 3.10. The summed E-state index contributed by atoms with van der Waals surface area (Å²) < 4.78 is 5.46. The number of nitrogens with one attached hydrogen (secondary N) is 1. The minimum atomic E-state index is 0.105. The van der Waals surface area contributed by atoms with Crippen LogP contribution in [0.3, 0.4) is 0 Å². The molecule has 0 saturated heterocycles. The molecule has 0 saturated carbocycles. The summed E-state index contributed by atoms with van der Waals surface area (Å²) in [5.41, 5.74) is 3.46. The van der Waals surface area contributed by atoms with Crippen LogP contribution in [0.4, 0.5) is 0 Å². The van der Waals surface area contributed by atoms with Gasteiger partial charge < -0.3 is 10.1 Å². The van der Waals surface area contributed by atoms with Crippen molar-refractivity contribution in [1.82, 2.24) is 10.3 Å². The number of nitrogens with zero attached hydrogens (tertiary/aromatic N) is 1. The number of aromatic nitrogens is 1. The first-order chi connectivity index (χ1) is 9.26. The van der Waals surface area contributed by atoms with Crippen LogP contribution in [0.2, 0.25) is 0 Å². The van der Waals surface area contributed by atoms with E-state index in [4.69, 9.17) is 4.74 Å². The number of benzene rings is 1. The first kappa shape index (κ1) is 13.6. The largest absolute Gasteiger partial charge is 0.496 e. The third kappa shape index (κ3) is 3.12. The zero-order chi connectivity index (χ0) is 13.7. The SMILES string of the molecule is CCNC(c1cncc(C)c1)c1ccccc1OC. The number of ether oxygens (including phenoxy) is 1. The van der Waals surface area contributed by atoms with Gasteiger partial charge in [-0.25, -0.2) is 0 Å². The second kappa shape index (κ2) is 6.34. The van der Waals surface area contributed by atoms with Gasteiger partial charge in [-0.1, -0.05) is 31.2 Å². The van der Waals surface area contributed by atoms with Gasteiger partial charge >= 0.3 is 0 Å². The van der Waals surface area contributed by atoms with Gasteiger partial charge in [-0.05, 0) is 30.7 Å². The van der Waals surface area contributed by atoms with E-state index in [1.54, 1.807) is 7.11 Å². The number of para-hydroxylation sites is 1. The zero-order valence-electron chi connectivity index (χ0n) is 11.7. The minimum Gasteiger partial charge on any atom is -0.496 e. The average molecular weight is 256 g/mol. The Morgan fingerprint density at radius 1 is 1.26 bits per heavy atom. The van der Waals surface area contributed by atoms with Gasteiger partial charge in [0.15, 0.2) is 0 Å². The maximum atomic E-state index is 5.46. The van der Waals surface area contributed by atoms with E-state index >= 15 is 0 Å². The molecule has 0 radical (unpaired) electrons. The van der Waals surface area contributed by atoms with Gasteiger partial charge in [-0.15, -0.1) is 0 Å². The lowest BCUT2D eigenvalue weighted by Crippen LogP contribution is -2.22. The quantitative estimate of drug-likeness (QED) is 0.892. The molecular formula is C16H20N2O. The van der Waals surface area contributed by atoms with E-state index in [0.29, 0.717) is 0 Å². The van der Waals surface area contributed by atoms with Crippen LogP contribution in [0, 0.1) is 6.92 Å². The van der Waals surface area contributed by atoms with Gasteiger partial charge in [-0.2, -0.15) is 0 Å². The molecule has 0 aliphatic rings. The molecule has 100 valence electrons. The summed E-state index contributed by atoms with van der Waals surface area (Å²) in [6.45, 7) is 5.05. The Bertz CT molecular complexity index is 540. The summed E-state index contributed by atoms with van der Waals surface area (Å²) in [7, 11) is 1.70. The van der Waals surface area contributed by atoms with Crippen molar-refractivity contribution in [2.24, 2.45) is 0 Å². The van der Waals surface area contributed by atoms with Crippen molar-refractivity contribution in [3.05, 3.63) is 59.4 Å². The Balaban J connectivity index is 2.45. The highest BCUT2D eigenvalue weighted by Crippen LogP contribution is 2.29. The number of hydrogen-bond donors (Lipinski definition) is 1. The average Bonchev–Trinajstić information content (AvgIpc) is 2.45. The molecule has 3 heteroatoms. The Morgan fingerprint density at radius 2 is 2.05 bits per heavy atom. The number of methoxy groups -OCH3 is 1. The molecule has 0 bridgehead atoms. The standard InChI is InChI=1S/C16H20N2O/c1-4-18-16(13-9-12(2)10-17-11-13)14-7-5-6-8-15(14)19-3/h5-11,16,18H,4H2,1-3H3. The highest BCUT2D eigenvalue weighted by molar-refractivity contribution is 5.41. The molecule has 0 spiro atoms. The smallest absolute Gasteiger partial charge is 0.123 e. The number of aryl methyl sites for hydroxylation is 1. The van der Waals surface area contributed by atoms with Crippen molar-refractivity contribution < 1.29 is 4.74 Å². The van der Waals surface area contributed by atoms with E-state index in [1.165, 1.54) is 0 Å². The van der Waals surface area contributed by atoms with Crippen molar-refractivity contribution in [1.29, 1.82) is 0 Å². The molecule has 0 fully saturated rings. The first-order valence-corrected chi connectivity index (χ1v) is 6.54. The van der Waals surface area contributed by atoms with E-state index in [1.807, 2.05) is 30.6 Å². The van der Waals surface area contributed by atoms with Crippen molar-refractivity contribution in [3.63, 3.8) is 0 Å². The summed E-state index contributed by atoms with van der Waals surface area (Å²) in [4.78, 5) is 4.29. The van der Waals surface area contributed by atoms with Crippen LogP contribution in [0.5, 0.6) is 5.75 Å². The molecular weight excluding hydrogens is 236 g/mol. The van der Waals surface area contributed by atoms with Gasteiger partial charge in [0.25, 0.3) is 0 Å². The van der Waals surface area contributed by atoms with Gasteiger partial charge in [0.1, 0.15) is 5.75 Å². The van der Waals surface area contributed by atoms with Crippen LogP contribution in [0.15, 0.2) is 42.7 Å². The molecule has 0 amide bonds. The van der Waals surface area contributed by atoms with E-state index in [0.717, 1.165) is 29.0 Å². The topological polar surface area (TPSA) is 34.2 Å². The van der Waals surface area contributed by atoms with Crippen molar-refractivity contribution in [3.8, 4) is 5.75 Å². The third-order valence-electron chi connectivity index (χ3n) is 3.09. The molecule has 1 aromatic heterocycles. The van der Waals surface area contributed by atoms with E-state index in [2.05, 4.69) is 36.3 Å². The van der Waals surface area contributed by atoms with Crippen molar-refractivity contribution in [2.75, 3.05) is 13.7 Å². The van der Waals surface area contributed by atoms with Crippen LogP contribution < -0.4 is 10.1 Å². The second-order valence-electron chi connectivity index (χ2n) is 4.53. The van der Waals surface area contributed by atoms with E-state index in [9.17, 15) is 0 Å². The van der Waals surface area contributed by atoms with Gasteiger partial charge in [0, 0.05) is 18.0 Å². The summed E-state index contributed by atoms with van der Waals surface area (Å²) in [5, 5.41) is 3.50. The maximum absolute atomic E-state index is 5.46. The van der Waals surface area contributed by atoms with Gasteiger partial charge in [0.2, 0.25) is 0 Å². The lowest BCUT2D eigenvalue weighted by atomic mass is 9.98. The van der Waals surface area contributed by atoms with Crippen molar-refractivity contribution >= 4 is 0 Å². The Morgan fingerprint density at radius 3 is 2.74 bits per heavy atom. The van der Waals surface area contributed by atoms with Gasteiger partial charge in [0.05, 0.1) is 13.2 Å². The predicted molar refractivity (Wildman–Crippen MR) is 77.5 cm³/mol. The van der Waals surface area contributed by atoms with E-state index in [-0.39, 0.29) is 6.04 Å². The van der Waals surface area contributed by atoms with Crippen LogP contribution in [0.25, 0.3) is 0 Å². The fourth-order valence-corrected chi connectivity index (χ4v) is 2.25. The van der Waals surface area contributed by atoms with E-state index < -0.39 is 0 Å². The summed E-state index contributed by atoms with van der Waals surface area (Å²) in [6, 6.07) is 10.4. The molecule has 1 aromatic carbocycles. The van der Waals surface area contributed by atoms with Gasteiger partial charge in [-0.3, -0.25) is 4.98 Å². The summed E-state index contributed by atoms with van der Waals surface area (Å²) in [6.07, 6.45) is 3.78. The molecule has 19 heavy (non-hydrogen) atoms. The molecule has 3 nitrogen and oxygen atoms in total. The maximum Gasteiger partial charge on any atom is 0.123 e. The van der Waals surface area contributed by atoms with Crippen LogP contribution in [-0.4, -0.2) is 18.6 Å². The Kier molecular flexibility index (Phi) is 4.53. The number of rotatable bonds is 5. The minimum absolute atomic E-state index is 0.105. The zero-order valence-corrected chi connectivity index (χ0v) is 11.7. The fraction of sp³-hybridized carbons (Fsp3) is 0.312. The molecule has 2 aromatic rings. The molecule has 1 N–H and O–H groups in total. The molecule has 1 atom stereocenters. The Hall–Kier alpha value is -1.87. The fourth-order valence-electron chi connectivity index (χ4n) is 2.25. The Labute approximate surface area is 114 Å².